The molecular formula is C38H49O5PSi. The van der Waals surface area contributed by atoms with Crippen LogP contribution in [0.2, 0.25) is 5.04 Å². The van der Waals surface area contributed by atoms with Gasteiger partial charge in [0.2, 0.25) is 0 Å². The fourth-order valence-electron chi connectivity index (χ4n) is 6.88. The highest BCUT2D eigenvalue weighted by molar-refractivity contribution is 7.39. The zero-order valence-corrected chi connectivity index (χ0v) is 29.5. The monoisotopic (exact) mass is 644 g/mol. The summed E-state index contributed by atoms with van der Waals surface area (Å²) in [6, 6.07) is 24.6. The van der Waals surface area contributed by atoms with Gasteiger partial charge in [-0.25, -0.2) is 0 Å². The fraction of sp³-hybridized carbons (Fsp3) is 0.447. The molecule has 0 spiro atoms. The number of hydrogen-bond acceptors (Lipinski definition) is 4. The molecule has 1 N–H and O–H groups in total. The minimum atomic E-state index is -3.03. The number of carboxylic acids is 1. The van der Waals surface area contributed by atoms with Gasteiger partial charge in [-0.15, -0.1) is 0 Å². The lowest BCUT2D eigenvalue weighted by Crippen LogP contribution is -2.68. The van der Waals surface area contributed by atoms with Gasteiger partial charge in [0.05, 0.1) is 12.5 Å². The maximum atomic E-state index is 13.3. The van der Waals surface area contributed by atoms with Gasteiger partial charge >= 0.3 is 5.97 Å². The van der Waals surface area contributed by atoms with Crippen LogP contribution in [0.5, 0.6) is 0 Å². The van der Waals surface area contributed by atoms with Crippen molar-refractivity contribution in [3.05, 3.63) is 95.1 Å². The van der Waals surface area contributed by atoms with Crippen molar-refractivity contribution >= 4 is 32.7 Å². The Balaban J connectivity index is 1.53. The number of carbonyl (C=O) groups is 1. The molecule has 4 rings (SSSR count). The zero-order valence-electron chi connectivity index (χ0n) is 27.5. The van der Waals surface area contributed by atoms with E-state index in [0.29, 0.717) is 5.92 Å². The molecule has 1 fully saturated rings. The highest BCUT2D eigenvalue weighted by atomic mass is 31.1. The summed E-state index contributed by atoms with van der Waals surface area (Å²) in [5, 5.41) is 11.6. The van der Waals surface area contributed by atoms with Crippen LogP contribution in [0.25, 0.3) is 0 Å². The lowest BCUT2D eigenvalue weighted by Gasteiger charge is -2.45. The molecule has 1 aliphatic rings. The second kappa shape index (κ2) is 16.1. The minimum absolute atomic E-state index is 0.0135. The largest absolute Gasteiger partial charge is 0.481 e. The van der Waals surface area contributed by atoms with Gasteiger partial charge in [-0.05, 0) is 52.7 Å². The smallest absolute Gasteiger partial charge is 0.305 e. The van der Waals surface area contributed by atoms with Crippen molar-refractivity contribution in [2.45, 2.75) is 90.7 Å². The Morgan fingerprint density at radius 1 is 0.978 bits per heavy atom. The standard InChI is InChI=1S/C38H49O5PSi/c1-29-24-30(2)36(32(25-29)26-31-16-9-6-10-17-31)22-15-23-42-44(41)28-33(27-37(39)40)43-45(38(3,4)5,34-18-11-7-12-19-34)35-20-13-8-14-21-35/h7-8,11-14,18-21,24-25,31,33,44H,6,9-10,16-17,23,26-28H2,1-5H3,(H,39,40)/t33-/m0/s1. The Kier molecular flexibility index (Phi) is 12.5. The molecule has 0 heterocycles. The highest BCUT2D eigenvalue weighted by Crippen LogP contribution is 2.39. The number of aliphatic carboxylic acids is 1. The van der Waals surface area contributed by atoms with Crippen molar-refractivity contribution in [2.75, 3.05) is 12.8 Å². The summed E-state index contributed by atoms with van der Waals surface area (Å²) >= 11 is 0. The molecule has 0 saturated heterocycles. The first kappa shape index (κ1) is 34.9. The molecule has 45 heavy (non-hydrogen) atoms. The summed E-state index contributed by atoms with van der Waals surface area (Å²) in [6.45, 7) is 10.7. The van der Waals surface area contributed by atoms with Crippen LogP contribution in [0.3, 0.4) is 0 Å². The van der Waals surface area contributed by atoms with Gasteiger partial charge in [0, 0.05) is 11.7 Å². The maximum absolute atomic E-state index is 13.3. The van der Waals surface area contributed by atoms with Crippen LogP contribution in [0.4, 0.5) is 0 Å². The molecule has 0 aromatic heterocycles. The molecule has 1 aliphatic carbocycles. The van der Waals surface area contributed by atoms with Crippen molar-refractivity contribution in [3.8, 4) is 11.8 Å². The summed E-state index contributed by atoms with van der Waals surface area (Å²) in [7, 11) is -5.67. The molecule has 0 radical (unpaired) electrons. The summed E-state index contributed by atoms with van der Waals surface area (Å²) in [4.78, 5) is 12.0. The Bertz CT molecular complexity index is 1460. The average Bonchev–Trinajstić information content (AvgIpc) is 2.99. The molecule has 3 aromatic carbocycles. The number of hydrogen-bond donors (Lipinski definition) is 1. The first-order valence-electron chi connectivity index (χ1n) is 16.2. The molecule has 0 bridgehead atoms. The van der Waals surface area contributed by atoms with E-state index in [0.717, 1.165) is 27.9 Å². The van der Waals surface area contributed by atoms with E-state index in [4.69, 9.17) is 8.95 Å². The van der Waals surface area contributed by atoms with Gasteiger partial charge in [0.15, 0.2) is 8.03 Å². The molecular weight excluding hydrogens is 595 g/mol. The van der Waals surface area contributed by atoms with Crippen molar-refractivity contribution in [1.29, 1.82) is 0 Å². The summed E-state index contributed by atoms with van der Waals surface area (Å²) in [5.74, 6) is 6.15. The Labute approximate surface area is 271 Å². The SMILES string of the molecule is Cc1cc(C)c(C#CCO[PH](=O)C[C@H](CC(=O)O)O[Si](c2ccccc2)(c2ccccc2)C(C)(C)C)c(CC2CCCCC2)c1. The van der Waals surface area contributed by atoms with Gasteiger partial charge in [-0.3, -0.25) is 9.36 Å². The second-order valence-corrected chi connectivity index (χ2v) is 19.2. The van der Waals surface area contributed by atoms with Crippen molar-refractivity contribution in [1.82, 2.24) is 0 Å². The lowest BCUT2D eigenvalue weighted by atomic mass is 9.83. The van der Waals surface area contributed by atoms with Crippen molar-refractivity contribution < 1.29 is 23.4 Å². The van der Waals surface area contributed by atoms with Gasteiger partial charge < -0.3 is 14.1 Å². The van der Waals surface area contributed by atoms with Crippen LogP contribution in [-0.4, -0.2) is 38.3 Å². The molecule has 3 aromatic rings. The lowest BCUT2D eigenvalue weighted by molar-refractivity contribution is -0.138. The fourth-order valence-corrected chi connectivity index (χ4v) is 12.7. The number of benzene rings is 3. The summed E-state index contributed by atoms with van der Waals surface area (Å²) < 4.78 is 26.1. The Hall–Kier alpha value is -2.94. The quantitative estimate of drug-likeness (QED) is 0.124. The normalized spacial score (nSPS) is 15.6. The van der Waals surface area contributed by atoms with Crippen LogP contribution >= 0.6 is 8.03 Å². The van der Waals surface area contributed by atoms with E-state index in [1.54, 1.807) is 0 Å². The first-order chi connectivity index (χ1) is 21.5. The molecule has 5 nitrogen and oxygen atoms in total. The minimum Gasteiger partial charge on any atom is -0.481 e. The van der Waals surface area contributed by atoms with E-state index in [1.807, 2.05) is 36.4 Å². The predicted octanol–water partition coefficient (Wildman–Crippen LogP) is 7.69. The number of carboxylic acid groups (broad SMARTS) is 1. The maximum Gasteiger partial charge on any atom is 0.305 e. The molecule has 0 aliphatic heterocycles. The van der Waals surface area contributed by atoms with E-state index >= 15 is 0 Å². The average molecular weight is 645 g/mol. The second-order valence-electron chi connectivity index (χ2n) is 13.5. The molecule has 240 valence electrons. The van der Waals surface area contributed by atoms with E-state index in [-0.39, 0.29) is 24.2 Å². The third kappa shape index (κ3) is 9.30. The Morgan fingerprint density at radius 3 is 2.13 bits per heavy atom. The predicted molar refractivity (Wildman–Crippen MR) is 188 cm³/mol. The van der Waals surface area contributed by atoms with Crippen LogP contribution in [0, 0.1) is 31.6 Å². The Morgan fingerprint density at radius 2 is 1.58 bits per heavy atom. The van der Waals surface area contributed by atoms with Crippen LogP contribution in [0.15, 0.2) is 72.8 Å². The topological polar surface area (TPSA) is 72.8 Å². The first-order valence-corrected chi connectivity index (χ1v) is 19.7. The number of aryl methyl sites for hydroxylation is 2. The third-order valence-corrected chi connectivity index (χ3v) is 15.2. The van der Waals surface area contributed by atoms with Gasteiger partial charge in [-0.2, -0.15) is 0 Å². The molecule has 1 unspecified atom stereocenters. The highest BCUT2D eigenvalue weighted by Gasteiger charge is 2.51. The molecule has 2 atom stereocenters. The summed E-state index contributed by atoms with van der Waals surface area (Å²) in [6.07, 6.45) is 6.51. The van der Waals surface area contributed by atoms with E-state index in [9.17, 15) is 14.5 Å². The zero-order chi connectivity index (χ0) is 32.5. The summed E-state index contributed by atoms with van der Waals surface area (Å²) in [5.41, 5.74) is 4.74. The molecule has 1 saturated carbocycles. The van der Waals surface area contributed by atoms with E-state index in [1.165, 1.54) is 43.2 Å². The van der Waals surface area contributed by atoms with Crippen LogP contribution in [0.1, 0.15) is 81.5 Å². The van der Waals surface area contributed by atoms with Gasteiger partial charge in [-0.1, -0.05) is 143 Å². The third-order valence-electron chi connectivity index (χ3n) is 8.87. The van der Waals surface area contributed by atoms with Crippen LogP contribution < -0.4 is 10.4 Å². The van der Waals surface area contributed by atoms with E-state index in [2.05, 4.69) is 82.9 Å². The molecule has 7 heteroatoms. The van der Waals surface area contributed by atoms with Gasteiger partial charge in [0.25, 0.3) is 8.32 Å². The number of rotatable bonds is 12. The van der Waals surface area contributed by atoms with E-state index < -0.39 is 28.4 Å². The van der Waals surface area contributed by atoms with Crippen LogP contribution in [-0.2, 0) is 24.7 Å². The van der Waals surface area contributed by atoms with Crippen molar-refractivity contribution in [3.63, 3.8) is 0 Å². The van der Waals surface area contributed by atoms with Gasteiger partial charge in [0.1, 0.15) is 6.61 Å². The van der Waals surface area contributed by atoms with Crippen molar-refractivity contribution in [2.24, 2.45) is 5.92 Å². The molecule has 0 amide bonds.